The molecule has 2 heterocycles. The minimum absolute atomic E-state index is 0.00832. The van der Waals surface area contributed by atoms with Crippen LogP contribution in [0.1, 0.15) is 23.3 Å². The summed E-state index contributed by atoms with van der Waals surface area (Å²) in [6, 6.07) is 7.40. The number of para-hydroxylation sites is 1. The van der Waals surface area contributed by atoms with Gasteiger partial charge in [0.25, 0.3) is 5.91 Å². The number of nitrogens with zero attached hydrogens (tertiary/aromatic N) is 2. The van der Waals surface area contributed by atoms with Gasteiger partial charge in [0, 0.05) is 18.8 Å². The second-order valence-corrected chi connectivity index (χ2v) is 8.39. The van der Waals surface area contributed by atoms with E-state index in [1.54, 1.807) is 0 Å². The summed E-state index contributed by atoms with van der Waals surface area (Å²) in [6.07, 6.45) is -3.33. The number of carbonyl (C=O) groups is 1. The Morgan fingerprint density at radius 1 is 1.23 bits per heavy atom. The van der Waals surface area contributed by atoms with Gasteiger partial charge in [-0.25, -0.2) is 8.42 Å². The standard InChI is InChI=1S/C18H18F3N3O5S/c19-18(20,21)29-15-5-1-2-6-16(15)30(26,27)24-9-3-4-13(11-24)28-12-7-8-23-14(10-12)17(22)25/h1-2,5-8,10,13H,3-4,9,11H2,(H2,22,25). The van der Waals surface area contributed by atoms with Crippen molar-refractivity contribution in [3.63, 3.8) is 0 Å². The van der Waals surface area contributed by atoms with Crippen LogP contribution < -0.4 is 15.2 Å². The Labute approximate surface area is 170 Å². The fraction of sp³-hybridized carbons (Fsp3) is 0.333. The number of pyridine rings is 1. The average molecular weight is 445 g/mol. The second kappa shape index (κ2) is 8.48. The molecule has 8 nitrogen and oxygen atoms in total. The van der Waals surface area contributed by atoms with Gasteiger partial charge < -0.3 is 15.2 Å². The van der Waals surface area contributed by atoms with E-state index in [1.807, 2.05) is 0 Å². The van der Waals surface area contributed by atoms with Crippen LogP contribution in [-0.2, 0) is 10.0 Å². The summed E-state index contributed by atoms with van der Waals surface area (Å²) in [7, 11) is -4.27. The lowest BCUT2D eigenvalue weighted by Gasteiger charge is -2.32. The molecule has 1 unspecified atom stereocenters. The SMILES string of the molecule is NC(=O)c1cc(OC2CCCN(S(=O)(=O)c3ccccc3OC(F)(F)F)C2)ccn1. The van der Waals surface area contributed by atoms with Crippen molar-refractivity contribution in [2.75, 3.05) is 13.1 Å². The third-order valence-corrected chi connectivity index (χ3v) is 6.22. The highest BCUT2D eigenvalue weighted by molar-refractivity contribution is 7.89. The van der Waals surface area contributed by atoms with E-state index in [0.29, 0.717) is 12.8 Å². The van der Waals surface area contributed by atoms with E-state index in [9.17, 15) is 26.4 Å². The number of hydrogen-bond donors (Lipinski definition) is 1. The molecule has 1 amide bonds. The molecule has 12 heteroatoms. The summed E-state index contributed by atoms with van der Waals surface area (Å²) in [5, 5.41) is 0. The van der Waals surface area contributed by atoms with Crippen LogP contribution in [0, 0.1) is 0 Å². The maximum absolute atomic E-state index is 13.0. The molecule has 3 rings (SSSR count). The van der Waals surface area contributed by atoms with Crippen LogP contribution >= 0.6 is 0 Å². The van der Waals surface area contributed by atoms with Gasteiger partial charge in [-0.05, 0) is 31.0 Å². The molecule has 0 radical (unpaired) electrons. The number of aromatic nitrogens is 1. The second-order valence-electron chi connectivity index (χ2n) is 6.48. The van der Waals surface area contributed by atoms with E-state index in [-0.39, 0.29) is 24.5 Å². The fourth-order valence-electron chi connectivity index (χ4n) is 3.04. The van der Waals surface area contributed by atoms with E-state index in [2.05, 4.69) is 9.72 Å². The minimum atomic E-state index is -5.03. The molecule has 0 aliphatic carbocycles. The Bertz CT molecular complexity index is 1030. The third-order valence-electron chi connectivity index (χ3n) is 4.32. The predicted octanol–water partition coefficient (Wildman–Crippen LogP) is 2.31. The highest BCUT2D eigenvalue weighted by Gasteiger charge is 2.37. The van der Waals surface area contributed by atoms with E-state index in [4.69, 9.17) is 10.5 Å². The highest BCUT2D eigenvalue weighted by atomic mass is 32.2. The van der Waals surface area contributed by atoms with Crippen molar-refractivity contribution < 1.29 is 35.9 Å². The number of amides is 1. The number of alkyl halides is 3. The van der Waals surface area contributed by atoms with Gasteiger partial charge in [-0.1, -0.05) is 12.1 Å². The number of rotatable bonds is 6. The molecule has 2 aromatic rings. The van der Waals surface area contributed by atoms with Gasteiger partial charge in [0.1, 0.15) is 28.2 Å². The quantitative estimate of drug-likeness (QED) is 0.730. The number of halogens is 3. The van der Waals surface area contributed by atoms with Crippen LogP contribution in [0.25, 0.3) is 0 Å². The van der Waals surface area contributed by atoms with Gasteiger partial charge in [-0.2, -0.15) is 4.31 Å². The van der Waals surface area contributed by atoms with Crippen molar-refractivity contribution in [2.24, 2.45) is 5.73 Å². The largest absolute Gasteiger partial charge is 0.573 e. The van der Waals surface area contributed by atoms with Crippen LogP contribution in [0.15, 0.2) is 47.5 Å². The van der Waals surface area contributed by atoms with Crippen molar-refractivity contribution >= 4 is 15.9 Å². The van der Waals surface area contributed by atoms with Crippen LogP contribution in [0.2, 0.25) is 0 Å². The first kappa shape index (κ1) is 21.8. The Kier molecular flexibility index (Phi) is 6.17. The molecule has 1 aliphatic heterocycles. The smallest absolute Gasteiger partial charge is 0.489 e. The average Bonchev–Trinajstić information content (AvgIpc) is 2.67. The molecule has 30 heavy (non-hydrogen) atoms. The molecule has 0 saturated carbocycles. The summed E-state index contributed by atoms with van der Waals surface area (Å²) in [5.41, 5.74) is 5.17. The van der Waals surface area contributed by atoms with Gasteiger partial charge in [-0.3, -0.25) is 9.78 Å². The van der Waals surface area contributed by atoms with Gasteiger partial charge in [0.15, 0.2) is 0 Å². The van der Waals surface area contributed by atoms with E-state index in [0.717, 1.165) is 16.4 Å². The number of benzene rings is 1. The van der Waals surface area contributed by atoms with Crippen molar-refractivity contribution in [1.82, 2.24) is 9.29 Å². The zero-order valence-corrected chi connectivity index (χ0v) is 16.3. The predicted molar refractivity (Wildman–Crippen MR) is 98.3 cm³/mol. The summed E-state index contributed by atoms with van der Waals surface area (Å²) in [6.45, 7) is 0.0301. The van der Waals surface area contributed by atoms with Gasteiger partial charge in [-0.15, -0.1) is 13.2 Å². The summed E-state index contributed by atoms with van der Waals surface area (Å²) >= 11 is 0. The van der Waals surface area contributed by atoms with E-state index < -0.39 is 39.0 Å². The first-order chi connectivity index (χ1) is 14.1. The number of carbonyl (C=O) groups excluding carboxylic acids is 1. The van der Waals surface area contributed by atoms with Crippen molar-refractivity contribution in [2.45, 2.75) is 30.2 Å². The molecule has 162 valence electrons. The maximum Gasteiger partial charge on any atom is 0.573 e. The molecule has 0 bridgehead atoms. The number of primary amides is 1. The lowest BCUT2D eigenvalue weighted by Crippen LogP contribution is -2.44. The highest BCUT2D eigenvalue weighted by Crippen LogP contribution is 2.32. The number of sulfonamides is 1. The van der Waals surface area contributed by atoms with E-state index >= 15 is 0 Å². The maximum atomic E-state index is 13.0. The van der Waals surface area contributed by atoms with Crippen LogP contribution in [0.3, 0.4) is 0 Å². The lowest BCUT2D eigenvalue weighted by atomic mass is 10.1. The van der Waals surface area contributed by atoms with Gasteiger partial charge in [0.2, 0.25) is 10.0 Å². The molecule has 1 fully saturated rings. The topological polar surface area (TPSA) is 112 Å². The Morgan fingerprint density at radius 2 is 1.97 bits per heavy atom. The van der Waals surface area contributed by atoms with Gasteiger partial charge >= 0.3 is 6.36 Å². The summed E-state index contributed by atoms with van der Waals surface area (Å²) in [4.78, 5) is 14.5. The normalized spacial score (nSPS) is 18.0. The molecule has 1 aromatic carbocycles. The number of hydrogen-bond acceptors (Lipinski definition) is 6. The third kappa shape index (κ3) is 5.19. The van der Waals surface area contributed by atoms with Crippen molar-refractivity contribution in [1.29, 1.82) is 0 Å². The fourth-order valence-corrected chi connectivity index (χ4v) is 4.67. The minimum Gasteiger partial charge on any atom is -0.489 e. The molecule has 1 aliphatic rings. The first-order valence-corrected chi connectivity index (χ1v) is 10.3. The monoisotopic (exact) mass is 445 g/mol. The van der Waals surface area contributed by atoms with Crippen LogP contribution in [-0.4, -0.2) is 49.2 Å². The van der Waals surface area contributed by atoms with Crippen molar-refractivity contribution in [3.8, 4) is 11.5 Å². The Hall–Kier alpha value is -2.86. The molecular weight excluding hydrogens is 427 g/mol. The summed E-state index contributed by atoms with van der Waals surface area (Å²) < 4.78 is 74.6. The Morgan fingerprint density at radius 3 is 2.67 bits per heavy atom. The summed E-state index contributed by atoms with van der Waals surface area (Å²) in [5.74, 6) is -1.26. The molecule has 2 N–H and O–H groups in total. The lowest BCUT2D eigenvalue weighted by molar-refractivity contribution is -0.275. The number of piperidine rings is 1. The first-order valence-electron chi connectivity index (χ1n) is 8.84. The van der Waals surface area contributed by atoms with Crippen LogP contribution in [0.4, 0.5) is 13.2 Å². The zero-order valence-electron chi connectivity index (χ0n) is 15.5. The molecule has 1 atom stereocenters. The van der Waals surface area contributed by atoms with Gasteiger partial charge in [0.05, 0.1) is 6.54 Å². The zero-order chi connectivity index (χ0) is 21.9. The van der Waals surface area contributed by atoms with E-state index in [1.165, 1.54) is 30.5 Å². The Balaban J connectivity index is 1.80. The molecular formula is C18H18F3N3O5S. The van der Waals surface area contributed by atoms with Crippen molar-refractivity contribution in [3.05, 3.63) is 48.3 Å². The number of nitrogens with two attached hydrogens (primary N) is 1. The molecule has 1 aromatic heterocycles. The molecule has 1 saturated heterocycles. The van der Waals surface area contributed by atoms with Crippen LogP contribution in [0.5, 0.6) is 11.5 Å². The number of ether oxygens (including phenoxy) is 2. The molecule has 0 spiro atoms.